The van der Waals surface area contributed by atoms with Crippen molar-refractivity contribution < 1.29 is 14.3 Å². The number of benzene rings is 3. The molecular weight excluding hydrogens is 567 g/mol. The van der Waals surface area contributed by atoms with Gasteiger partial charge in [-0.25, -0.2) is 4.98 Å². The molecule has 9 heteroatoms. The van der Waals surface area contributed by atoms with Gasteiger partial charge >= 0.3 is 0 Å². The Labute approximate surface area is 252 Å². The van der Waals surface area contributed by atoms with Crippen molar-refractivity contribution in [2.75, 3.05) is 17.7 Å². The molecule has 0 fully saturated rings. The molecule has 0 atom stereocenters. The lowest BCUT2D eigenvalue weighted by Gasteiger charge is -2.14. The van der Waals surface area contributed by atoms with E-state index in [1.54, 1.807) is 15.9 Å². The van der Waals surface area contributed by atoms with Crippen LogP contribution in [0.5, 0.6) is 11.5 Å². The minimum Gasteiger partial charge on any atom is -0.494 e. The van der Waals surface area contributed by atoms with Crippen molar-refractivity contribution in [1.29, 1.82) is 0 Å². The van der Waals surface area contributed by atoms with E-state index in [0.717, 1.165) is 53.1 Å². The predicted octanol–water partition coefficient (Wildman–Crippen LogP) is 7.03. The van der Waals surface area contributed by atoms with E-state index in [9.17, 15) is 9.59 Å². The summed E-state index contributed by atoms with van der Waals surface area (Å²) < 4.78 is 13.1. The van der Waals surface area contributed by atoms with E-state index in [1.807, 2.05) is 85.8 Å². The minimum absolute atomic E-state index is 0.0856. The molecule has 1 N–H and O–H groups in total. The average molecular weight is 598 g/mol. The van der Waals surface area contributed by atoms with Crippen molar-refractivity contribution in [2.45, 2.75) is 44.4 Å². The van der Waals surface area contributed by atoms with Crippen molar-refractivity contribution >= 4 is 44.9 Å². The van der Waals surface area contributed by atoms with Crippen LogP contribution >= 0.6 is 23.1 Å². The zero-order chi connectivity index (χ0) is 28.9. The molecule has 2 aromatic heterocycles. The Morgan fingerprint density at radius 1 is 0.952 bits per heavy atom. The lowest BCUT2D eigenvalue weighted by atomic mass is 9.97. The number of hydrogen-bond donors (Lipinski definition) is 1. The number of amides is 1. The number of carbonyl (C=O) groups is 1. The number of anilines is 1. The number of carbonyl (C=O) groups excluding carboxylic acids is 1. The lowest BCUT2D eigenvalue weighted by Crippen LogP contribution is -2.23. The monoisotopic (exact) mass is 597 g/mol. The molecule has 3 aromatic carbocycles. The first-order valence-corrected chi connectivity index (χ1v) is 15.9. The second kappa shape index (κ2) is 12.8. The SMILES string of the molecule is CCOc1ccc(-n2c(SCC(=O)Nc3ccc(OCc4ccccc4)cc3)nc3sc4c(c3c2=O)CCCC4)cc1. The molecule has 0 saturated heterocycles. The highest BCUT2D eigenvalue weighted by atomic mass is 32.2. The van der Waals surface area contributed by atoms with E-state index in [-0.39, 0.29) is 17.2 Å². The average Bonchev–Trinajstić information content (AvgIpc) is 3.40. The Hall–Kier alpha value is -4.08. The minimum atomic E-state index is -0.184. The summed E-state index contributed by atoms with van der Waals surface area (Å²) in [5.41, 5.74) is 3.51. The number of nitrogens with one attached hydrogen (secondary N) is 1. The number of fused-ring (bicyclic) bond motifs is 3. The zero-order valence-electron chi connectivity index (χ0n) is 23.3. The van der Waals surface area contributed by atoms with Crippen LogP contribution in [0.4, 0.5) is 5.69 Å². The van der Waals surface area contributed by atoms with Gasteiger partial charge in [-0.3, -0.25) is 14.2 Å². The fourth-order valence-corrected chi connectivity index (χ4v) is 7.19. The van der Waals surface area contributed by atoms with E-state index < -0.39 is 0 Å². The molecule has 2 heterocycles. The van der Waals surface area contributed by atoms with Gasteiger partial charge in [-0.05, 0) is 92.3 Å². The molecule has 0 radical (unpaired) electrons. The summed E-state index contributed by atoms with van der Waals surface area (Å²) in [4.78, 5) is 33.9. The van der Waals surface area contributed by atoms with E-state index >= 15 is 0 Å². The number of ether oxygens (including phenoxy) is 2. The summed E-state index contributed by atoms with van der Waals surface area (Å²) in [5, 5.41) is 4.15. The molecule has 6 rings (SSSR count). The highest BCUT2D eigenvalue weighted by Gasteiger charge is 2.23. The third-order valence-electron chi connectivity index (χ3n) is 7.08. The first-order chi connectivity index (χ1) is 20.6. The molecule has 7 nitrogen and oxygen atoms in total. The molecule has 0 aliphatic heterocycles. The Morgan fingerprint density at radius 2 is 1.67 bits per heavy atom. The van der Waals surface area contributed by atoms with Crippen LogP contribution in [-0.4, -0.2) is 27.8 Å². The van der Waals surface area contributed by atoms with Crippen molar-refractivity contribution in [3.63, 3.8) is 0 Å². The number of aryl methyl sites for hydroxylation is 2. The van der Waals surface area contributed by atoms with Crippen molar-refractivity contribution in [1.82, 2.24) is 9.55 Å². The maximum atomic E-state index is 14.0. The van der Waals surface area contributed by atoms with Crippen molar-refractivity contribution in [3.05, 3.63) is 105 Å². The van der Waals surface area contributed by atoms with Crippen LogP contribution in [0.1, 0.15) is 35.8 Å². The second-order valence-corrected chi connectivity index (χ2v) is 12.0. The fraction of sp³-hybridized carbons (Fsp3) is 0.242. The number of thiophene rings is 1. The van der Waals surface area contributed by atoms with Gasteiger partial charge in [0, 0.05) is 10.6 Å². The number of rotatable bonds is 10. The molecule has 1 amide bonds. The van der Waals surface area contributed by atoms with Crippen LogP contribution in [-0.2, 0) is 24.2 Å². The molecule has 1 aliphatic rings. The number of aromatic nitrogens is 2. The van der Waals surface area contributed by atoms with Gasteiger partial charge in [0.1, 0.15) is 22.9 Å². The maximum Gasteiger partial charge on any atom is 0.267 e. The highest BCUT2D eigenvalue weighted by molar-refractivity contribution is 7.99. The van der Waals surface area contributed by atoms with Gasteiger partial charge in [0.2, 0.25) is 5.91 Å². The molecule has 0 bridgehead atoms. The molecule has 214 valence electrons. The largest absolute Gasteiger partial charge is 0.494 e. The highest BCUT2D eigenvalue weighted by Crippen LogP contribution is 2.35. The quantitative estimate of drug-likeness (QED) is 0.137. The number of thioether (sulfide) groups is 1. The summed E-state index contributed by atoms with van der Waals surface area (Å²) in [6.07, 6.45) is 4.10. The van der Waals surface area contributed by atoms with Crippen LogP contribution in [0, 0.1) is 0 Å². The Kier molecular flexibility index (Phi) is 8.58. The third-order valence-corrected chi connectivity index (χ3v) is 9.21. The lowest BCUT2D eigenvalue weighted by molar-refractivity contribution is -0.113. The van der Waals surface area contributed by atoms with Crippen molar-refractivity contribution in [2.24, 2.45) is 0 Å². The van der Waals surface area contributed by atoms with Gasteiger partial charge in [-0.15, -0.1) is 11.3 Å². The summed E-state index contributed by atoms with van der Waals surface area (Å²) in [6, 6.07) is 24.7. The zero-order valence-corrected chi connectivity index (χ0v) is 24.9. The standard InChI is InChI=1S/C33H31N3O4S2/c1-2-39-25-18-14-24(15-19-25)36-32(38)30-27-10-6-7-11-28(27)42-31(30)35-33(36)41-21-29(37)34-23-12-16-26(17-13-23)40-20-22-8-4-3-5-9-22/h3-5,8-9,12-19H,2,6-7,10-11,20-21H2,1H3,(H,34,37). The van der Waals surface area contributed by atoms with Crippen LogP contribution in [0.3, 0.4) is 0 Å². The topological polar surface area (TPSA) is 82.4 Å². The van der Waals surface area contributed by atoms with Crippen molar-refractivity contribution in [3.8, 4) is 17.2 Å². The molecule has 5 aromatic rings. The number of nitrogens with zero attached hydrogens (tertiary/aromatic N) is 2. The van der Waals surface area contributed by atoms with Crippen LogP contribution in [0.2, 0.25) is 0 Å². The van der Waals surface area contributed by atoms with Gasteiger partial charge < -0.3 is 14.8 Å². The summed E-state index contributed by atoms with van der Waals surface area (Å²) in [5.74, 6) is 1.38. The fourth-order valence-electron chi connectivity index (χ4n) is 5.07. The molecule has 0 unspecified atom stereocenters. The maximum absolute atomic E-state index is 14.0. The smallest absolute Gasteiger partial charge is 0.267 e. The Bertz CT molecular complexity index is 1750. The number of hydrogen-bond acceptors (Lipinski definition) is 7. The molecule has 1 aliphatic carbocycles. The van der Waals surface area contributed by atoms with Crippen LogP contribution in [0.25, 0.3) is 15.9 Å². The summed E-state index contributed by atoms with van der Waals surface area (Å²) in [7, 11) is 0. The molecule has 42 heavy (non-hydrogen) atoms. The van der Waals surface area contributed by atoms with E-state index in [0.29, 0.717) is 35.1 Å². The van der Waals surface area contributed by atoms with Gasteiger partial charge in [0.25, 0.3) is 5.56 Å². The normalized spacial score (nSPS) is 12.6. The first kappa shape index (κ1) is 28.1. The third kappa shape index (κ3) is 6.22. The molecule has 0 saturated carbocycles. The van der Waals surface area contributed by atoms with Crippen LogP contribution < -0.4 is 20.3 Å². The van der Waals surface area contributed by atoms with Gasteiger partial charge in [-0.2, -0.15) is 0 Å². The first-order valence-electron chi connectivity index (χ1n) is 14.1. The van der Waals surface area contributed by atoms with E-state index in [1.165, 1.54) is 16.6 Å². The van der Waals surface area contributed by atoms with E-state index in [4.69, 9.17) is 14.5 Å². The van der Waals surface area contributed by atoms with Gasteiger partial charge in [0.15, 0.2) is 5.16 Å². The Morgan fingerprint density at radius 3 is 2.43 bits per heavy atom. The predicted molar refractivity (Wildman–Crippen MR) is 170 cm³/mol. The molecule has 0 spiro atoms. The second-order valence-electron chi connectivity index (χ2n) is 9.99. The molecular formula is C33H31N3O4S2. The Balaban J connectivity index is 1.20. The summed E-state index contributed by atoms with van der Waals surface area (Å²) >= 11 is 2.87. The summed E-state index contributed by atoms with van der Waals surface area (Å²) in [6.45, 7) is 2.97. The van der Waals surface area contributed by atoms with Crippen LogP contribution in [0.15, 0.2) is 88.8 Å². The van der Waals surface area contributed by atoms with Gasteiger partial charge in [0.05, 0.1) is 23.4 Å². The van der Waals surface area contributed by atoms with Gasteiger partial charge in [-0.1, -0.05) is 42.1 Å². The van der Waals surface area contributed by atoms with E-state index in [2.05, 4.69) is 5.32 Å².